The van der Waals surface area contributed by atoms with Gasteiger partial charge in [0, 0.05) is 24.7 Å². The molecule has 0 saturated heterocycles. The standard InChI is InChI=1S/C22H28O6/c1-27-21(25)19-17-11(7-9-3-5-13(23)15(9)17)12-8-10-4-6-14(24)16(10)18(12)20(19)22(26)28-2/h9-12,15-20H,3-8H2,1-2H3/t9-,10-,11-,12-,15+,16+,17+,18+,19-,20+/m1/s1. The number of hydrogen-bond donors (Lipinski definition) is 0. The molecule has 152 valence electrons. The predicted molar refractivity (Wildman–Crippen MR) is 96.6 cm³/mol. The lowest BCUT2D eigenvalue weighted by atomic mass is 9.55. The molecule has 28 heavy (non-hydrogen) atoms. The van der Waals surface area contributed by atoms with Crippen LogP contribution in [0, 0.1) is 59.2 Å². The van der Waals surface area contributed by atoms with Gasteiger partial charge in [-0.05, 0) is 61.2 Å². The highest BCUT2D eigenvalue weighted by atomic mass is 16.5. The van der Waals surface area contributed by atoms with Gasteiger partial charge in [0.2, 0.25) is 0 Å². The number of hydrogen-bond acceptors (Lipinski definition) is 6. The maximum atomic E-state index is 13.0. The molecule has 0 aromatic rings. The fraction of sp³-hybridized carbons (Fsp3) is 0.818. The highest BCUT2D eigenvalue weighted by molar-refractivity contribution is 5.89. The molecule has 0 aromatic carbocycles. The minimum atomic E-state index is -0.673. The minimum absolute atomic E-state index is 0.140. The van der Waals surface area contributed by atoms with E-state index in [4.69, 9.17) is 9.47 Å². The molecular formula is C22H28O6. The summed E-state index contributed by atoms with van der Waals surface area (Å²) in [6.07, 6.45) is 4.81. The molecule has 0 unspecified atom stereocenters. The molecule has 0 aliphatic heterocycles. The highest BCUT2D eigenvalue weighted by Gasteiger charge is 2.68. The summed E-state index contributed by atoms with van der Waals surface area (Å²) in [5.41, 5.74) is 0. The molecule has 5 fully saturated rings. The number of ketones is 2. The molecule has 0 spiro atoms. The first-order valence-electron chi connectivity index (χ1n) is 10.7. The van der Waals surface area contributed by atoms with Gasteiger partial charge in [0.1, 0.15) is 11.6 Å². The molecule has 0 amide bonds. The zero-order valence-electron chi connectivity index (χ0n) is 16.5. The van der Waals surface area contributed by atoms with Gasteiger partial charge in [-0.15, -0.1) is 0 Å². The van der Waals surface area contributed by atoms with Crippen molar-refractivity contribution in [3.8, 4) is 0 Å². The molecule has 5 saturated carbocycles. The van der Waals surface area contributed by atoms with E-state index in [1.807, 2.05) is 0 Å². The molecular weight excluding hydrogens is 360 g/mol. The van der Waals surface area contributed by atoms with Crippen LogP contribution in [0.3, 0.4) is 0 Å². The Labute approximate surface area is 164 Å². The second kappa shape index (κ2) is 6.39. The maximum Gasteiger partial charge on any atom is 0.309 e. The van der Waals surface area contributed by atoms with E-state index >= 15 is 0 Å². The lowest BCUT2D eigenvalue weighted by Gasteiger charge is -2.47. The SMILES string of the molecule is COC(=O)[C@@H]1[C@H](C(=O)OC)[C@H]2[C@H](C[C@H]3CCC(=O)[C@H]32)[C@H]2C[C@H]3CCC(=O)[C@H]3[C@H]21. The van der Waals surface area contributed by atoms with Gasteiger partial charge in [0.05, 0.1) is 26.1 Å². The number of carbonyl (C=O) groups is 4. The summed E-state index contributed by atoms with van der Waals surface area (Å²) >= 11 is 0. The van der Waals surface area contributed by atoms with E-state index in [0.29, 0.717) is 24.7 Å². The van der Waals surface area contributed by atoms with Crippen LogP contribution in [0.5, 0.6) is 0 Å². The molecule has 5 aliphatic carbocycles. The third kappa shape index (κ3) is 2.26. The first-order chi connectivity index (χ1) is 13.5. The van der Waals surface area contributed by atoms with Crippen LogP contribution in [0.2, 0.25) is 0 Å². The molecule has 0 N–H and O–H groups in total. The van der Waals surface area contributed by atoms with Crippen molar-refractivity contribution in [3.63, 3.8) is 0 Å². The summed E-state index contributed by atoms with van der Waals surface area (Å²) in [5, 5.41) is 0. The number of Topliss-reactive ketones (excluding diaryl/α,β-unsaturated/α-hetero) is 2. The quantitative estimate of drug-likeness (QED) is 0.673. The average molecular weight is 388 g/mol. The van der Waals surface area contributed by atoms with Gasteiger partial charge >= 0.3 is 11.9 Å². The van der Waals surface area contributed by atoms with Crippen molar-refractivity contribution in [2.45, 2.75) is 38.5 Å². The van der Waals surface area contributed by atoms with Crippen molar-refractivity contribution >= 4 is 23.5 Å². The largest absolute Gasteiger partial charge is 0.469 e. The van der Waals surface area contributed by atoms with E-state index in [0.717, 1.165) is 25.7 Å². The maximum absolute atomic E-state index is 13.0. The van der Waals surface area contributed by atoms with Gasteiger partial charge in [-0.3, -0.25) is 19.2 Å². The van der Waals surface area contributed by atoms with Crippen molar-refractivity contribution in [2.24, 2.45) is 59.2 Å². The number of ether oxygens (including phenoxy) is 2. The van der Waals surface area contributed by atoms with Gasteiger partial charge in [-0.25, -0.2) is 0 Å². The molecule has 6 nitrogen and oxygen atoms in total. The van der Waals surface area contributed by atoms with Crippen LogP contribution in [-0.2, 0) is 28.7 Å². The lowest BCUT2D eigenvalue weighted by Crippen LogP contribution is -2.53. The van der Waals surface area contributed by atoms with E-state index < -0.39 is 23.8 Å². The van der Waals surface area contributed by atoms with E-state index in [1.165, 1.54) is 14.2 Å². The second-order valence-corrected chi connectivity index (χ2v) is 9.63. The van der Waals surface area contributed by atoms with Crippen molar-refractivity contribution in [2.75, 3.05) is 14.2 Å². The van der Waals surface area contributed by atoms with Crippen LogP contribution in [0.4, 0.5) is 0 Å². The number of methoxy groups -OCH3 is 2. The number of carbonyl (C=O) groups excluding carboxylic acids is 4. The van der Waals surface area contributed by atoms with Crippen molar-refractivity contribution in [1.29, 1.82) is 0 Å². The lowest BCUT2D eigenvalue weighted by molar-refractivity contribution is -0.173. The molecule has 0 aromatic heterocycles. The predicted octanol–water partition coefficient (Wildman–Crippen LogP) is 2.04. The Morgan fingerprint density at radius 2 is 1.14 bits per heavy atom. The van der Waals surface area contributed by atoms with Gasteiger partial charge in [-0.2, -0.15) is 0 Å². The summed E-state index contributed by atoms with van der Waals surface area (Å²) in [4.78, 5) is 51.4. The van der Waals surface area contributed by atoms with E-state index in [1.54, 1.807) is 0 Å². The van der Waals surface area contributed by atoms with Crippen LogP contribution in [-0.4, -0.2) is 37.7 Å². The Hall–Kier alpha value is -1.72. The van der Waals surface area contributed by atoms with Crippen LogP contribution in [0.25, 0.3) is 0 Å². The minimum Gasteiger partial charge on any atom is -0.469 e. The Balaban J connectivity index is 1.63. The Morgan fingerprint density at radius 3 is 1.50 bits per heavy atom. The average Bonchev–Trinajstić information content (AvgIpc) is 3.42. The van der Waals surface area contributed by atoms with Crippen LogP contribution in [0.1, 0.15) is 38.5 Å². The monoisotopic (exact) mass is 388 g/mol. The normalized spacial score (nSPS) is 48.6. The summed E-state index contributed by atoms with van der Waals surface area (Å²) in [6, 6.07) is 0. The number of esters is 2. The number of fused-ring (bicyclic) bond motifs is 7. The van der Waals surface area contributed by atoms with Gasteiger partial charge in [-0.1, -0.05) is 0 Å². The third-order valence-electron chi connectivity index (χ3n) is 8.96. The van der Waals surface area contributed by atoms with Crippen LogP contribution >= 0.6 is 0 Å². The first kappa shape index (κ1) is 18.3. The van der Waals surface area contributed by atoms with Crippen LogP contribution < -0.4 is 0 Å². The molecule has 5 aliphatic rings. The third-order valence-corrected chi connectivity index (χ3v) is 8.96. The van der Waals surface area contributed by atoms with Crippen molar-refractivity contribution in [1.82, 2.24) is 0 Å². The van der Waals surface area contributed by atoms with Gasteiger partial charge in [0.15, 0.2) is 0 Å². The fourth-order valence-electron chi connectivity index (χ4n) is 8.26. The van der Waals surface area contributed by atoms with E-state index in [9.17, 15) is 19.2 Å². The molecule has 5 rings (SSSR count). The van der Waals surface area contributed by atoms with Crippen molar-refractivity contribution in [3.05, 3.63) is 0 Å². The Morgan fingerprint density at radius 1 is 0.750 bits per heavy atom. The smallest absolute Gasteiger partial charge is 0.309 e. The zero-order chi connectivity index (χ0) is 19.7. The number of rotatable bonds is 2. The Bertz CT molecular complexity index is 681. The first-order valence-corrected chi connectivity index (χ1v) is 10.7. The van der Waals surface area contributed by atoms with Crippen molar-refractivity contribution < 1.29 is 28.7 Å². The fourth-order valence-corrected chi connectivity index (χ4v) is 8.26. The molecule has 0 heterocycles. The van der Waals surface area contributed by atoms with Crippen LogP contribution in [0.15, 0.2) is 0 Å². The summed E-state index contributed by atoms with van der Waals surface area (Å²) in [5.74, 6) is -1.20. The van der Waals surface area contributed by atoms with E-state index in [-0.39, 0.29) is 47.1 Å². The van der Waals surface area contributed by atoms with E-state index in [2.05, 4.69) is 0 Å². The summed E-state index contributed by atoms with van der Waals surface area (Å²) < 4.78 is 10.3. The highest BCUT2D eigenvalue weighted by Crippen LogP contribution is 2.67. The molecule has 0 bridgehead atoms. The summed E-state index contributed by atoms with van der Waals surface area (Å²) in [6.45, 7) is 0. The van der Waals surface area contributed by atoms with Gasteiger partial charge in [0.25, 0.3) is 0 Å². The summed E-state index contributed by atoms with van der Waals surface area (Å²) in [7, 11) is 2.69. The van der Waals surface area contributed by atoms with Gasteiger partial charge < -0.3 is 9.47 Å². The topological polar surface area (TPSA) is 86.7 Å². The molecule has 0 radical (unpaired) electrons. The zero-order valence-corrected chi connectivity index (χ0v) is 16.5. The molecule has 10 atom stereocenters. The molecule has 6 heteroatoms. The Kier molecular flexibility index (Phi) is 4.18. The second-order valence-electron chi connectivity index (χ2n) is 9.63.